The molecule has 1 aromatic heterocycles. The first-order chi connectivity index (χ1) is 8.56. The summed E-state index contributed by atoms with van der Waals surface area (Å²) in [5, 5.41) is 8.98. The second-order valence-corrected chi connectivity index (χ2v) is 3.48. The van der Waals surface area contributed by atoms with E-state index in [1.807, 2.05) is 0 Å². The Morgan fingerprint density at radius 1 is 1.33 bits per heavy atom. The third-order valence-electron chi connectivity index (χ3n) is 2.13. The van der Waals surface area contributed by atoms with Crippen LogP contribution in [-0.2, 0) is 0 Å². The molecule has 3 N–H and O–H groups in total. The molecule has 2 aromatic rings. The van der Waals surface area contributed by atoms with Gasteiger partial charge in [0.15, 0.2) is 0 Å². The fraction of sp³-hybridized carbons (Fsp3) is 0. The van der Waals surface area contributed by atoms with Crippen molar-refractivity contribution in [3.63, 3.8) is 0 Å². The maximum Gasteiger partial charge on any atom is 0.341 e. The molecule has 2 rings (SSSR count). The number of hydrogen-bond acceptors (Lipinski definition) is 4. The quantitative estimate of drug-likeness (QED) is 0.870. The van der Waals surface area contributed by atoms with Crippen LogP contribution in [0.3, 0.4) is 0 Å². The molecule has 6 heteroatoms. The second kappa shape index (κ2) is 4.70. The lowest BCUT2D eigenvalue weighted by Crippen LogP contribution is -2.03. The molecule has 0 amide bonds. The van der Waals surface area contributed by atoms with Crippen LogP contribution in [0.15, 0.2) is 36.5 Å². The minimum absolute atomic E-state index is 0.0942. The highest BCUT2D eigenvalue weighted by Crippen LogP contribution is 2.24. The molecule has 92 valence electrons. The molecule has 0 aliphatic heterocycles. The number of carboxylic acids is 1. The van der Waals surface area contributed by atoms with Crippen LogP contribution in [-0.4, -0.2) is 16.1 Å². The second-order valence-electron chi connectivity index (χ2n) is 3.48. The van der Waals surface area contributed by atoms with Crippen molar-refractivity contribution in [2.75, 3.05) is 5.73 Å². The number of nitrogens with zero attached hydrogens (tertiary/aromatic N) is 1. The summed E-state index contributed by atoms with van der Waals surface area (Å²) in [5.74, 6) is -1.42. The lowest BCUT2D eigenvalue weighted by Gasteiger charge is -2.07. The van der Waals surface area contributed by atoms with E-state index in [0.717, 1.165) is 0 Å². The molecule has 18 heavy (non-hydrogen) atoms. The Labute approximate surface area is 102 Å². The van der Waals surface area contributed by atoms with Gasteiger partial charge in [0.1, 0.15) is 17.1 Å². The van der Waals surface area contributed by atoms with E-state index in [9.17, 15) is 9.18 Å². The number of ether oxygens (including phenoxy) is 1. The Hall–Kier alpha value is -2.63. The molecule has 0 aliphatic carbocycles. The topological polar surface area (TPSA) is 85.4 Å². The smallest absolute Gasteiger partial charge is 0.341 e. The zero-order valence-electron chi connectivity index (χ0n) is 9.13. The SMILES string of the molecule is Nc1cnc(Oc2ccc(F)cc2)c(C(=O)O)c1. The standard InChI is InChI=1S/C12H9FN2O3/c13-7-1-3-9(4-2-7)18-11-10(12(16)17)5-8(14)6-15-11/h1-6H,14H2,(H,16,17). The van der Waals surface area contributed by atoms with Gasteiger partial charge in [-0.1, -0.05) is 0 Å². The van der Waals surface area contributed by atoms with E-state index in [1.165, 1.54) is 36.5 Å². The number of anilines is 1. The van der Waals surface area contributed by atoms with Crippen molar-refractivity contribution in [1.29, 1.82) is 0 Å². The Morgan fingerprint density at radius 2 is 2.00 bits per heavy atom. The van der Waals surface area contributed by atoms with Crippen LogP contribution in [0.5, 0.6) is 11.6 Å². The van der Waals surface area contributed by atoms with Crippen LogP contribution in [0.2, 0.25) is 0 Å². The van der Waals surface area contributed by atoms with Crippen molar-refractivity contribution in [2.24, 2.45) is 0 Å². The van der Waals surface area contributed by atoms with Gasteiger partial charge < -0.3 is 15.6 Å². The number of carboxylic acid groups (broad SMARTS) is 1. The van der Waals surface area contributed by atoms with E-state index in [2.05, 4.69) is 4.98 Å². The minimum Gasteiger partial charge on any atom is -0.477 e. The maximum atomic E-state index is 12.7. The third kappa shape index (κ3) is 2.54. The van der Waals surface area contributed by atoms with Gasteiger partial charge in [0.05, 0.1) is 11.9 Å². The molecule has 0 aliphatic rings. The third-order valence-corrected chi connectivity index (χ3v) is 2.13. The Balaban J connectivity index is 2.34. The largest absolute Gasteiger partial charge is 0.477 e. The molecule has 0 saturated carbocycles. The van der Waals surface area contributed by atoms with Gasteiger partial charge >= 0.3 is 5.97 Å². The number of aromatic carboxylic acids is 1. The molecular formula is C12H9FN2O3. The van der Waals surface area contributed by atoms with E-state index in [4.69, 9.17) is 15.6 Å². The monoisotopic (exact) mass is 248 g/mol. The number of aromatic nitrogens is 1. The molecule has 0 unspecified atom stereocenters. The molecule has 0 saturated heterocycles. The van der Waals surface area contributed by atoms with Crippen LogP contribution in [0.25, 0.3) is 0 Å². The van der Waals surface area contributed by atoms with Crippen molar-refractivity contribution < 1.29 is 19.0 Å². The van der Waals surface area contributed by atoms with E-state index in [1.54, 1.807) is 0 Å². The van der Waals surface area contributed by atoms with Gasteiger partial charge in [-0.15, -0.1) is 0 Å². The number of rotatable bonds is 3. The first kappa shape index (κ1) is 11.8. The van der Waals surface area contributed by atoms with Crippen molar-refractivity contribution in [2.45, 2.75) is 0 Å². The summed E-state index contributed by atoms with van der Waals surface area (Å²) >= 11 is 0. The Kier molecular flexibility index (Phi) is 3.09. The molecular weight excluding hydrogens is 239 g/mol. The van der Waals surface area contributed by atoms with Crippen molar-refractivity contribution in [3.8, 4) is 11.6 Å². The highest BCUT2D eigenvalue weighted by atomic mass is 19.1. The molecule has 0 atom stereocenters. The molecule has 1 aromatic carbocycles. The summed E-state index contributed by atoms with van der Waals surface area (Å²) in [6.45, 7) is 0. The van der Waals surface area contributed by atoms with Crippen molar-refractivity contribution >= 4 is 11.7 Å². The number of benzene rings is 1. The fourth-order valence-corrected chi connectivity index (χ4v) is 1.32. The first-order valence-electron chi connectivity index (χ1n) is 4.98. The van der Waals surface area contributed by atoms with Crippen LogP contribution in [0, 0.1) is 5.82 Å². The van der Waals surface area contributed by atoms with E-state index < -0.39 is 11.8 Å². The highest BCUT2D eigenvalue weighted by molar-refractivity contribution is 5.91. The highest BCUT2D eigenvalue weighted by Gasteiger charge is 2.14. The Bertz CT molecular complexity index is 584. The molecule has 0 fully saturated rings. The average Bonchev–Trinajstić information content (AvgIpc) is 2.34. The average molecular weight is 248 g/mol. The van der Waals surface area contributed by atoms with Gasteiger partial charge in [0, 0.05) is 0 Å². The summed E-state index contributed by atoms with van der Waals surface area (Å²) < 4.78 is 18.0. The summed E-state index contributed by atoms with van der Waals surface area (Å²) in [6, 6.07) is 6.40. The van der Waals surface area contributed by atoms with Crippen LogP contribution < -0.4 is 10.5 Å². The van der Waals surface area contributed by atoms with Gasteiger partial charge in [-0.3, -0.25) is 0 Å². The maximum absolute atomic E-state index is 12.7. The minimum atomic E-state index is -1.20. The zero-order chi connectivity index (χ0) is 13.1. The molecule has 0 radical (unpaired) electrons. The summed E-state index contributed by atoms with van der Waals surface area (Å²) in [5.41, 5.74) is 5.52. The molecule has 0 spiro atoms. The first-order valence-corrected chi connectivity index (χ1v) is 4.98. The van der Waals surface area contributed by atoms with Gasteiger partial charge in [-0.25, -0.2) is 14.2 Å². The number of hydrogen-bond donors (Lipinski definition) is 2. The lowest BCUT2D eigenvalue weighted by molar-refractivity contribution is 0.0693. The molecule has 1 heterocycles. The van der Waals surface area contributed by atoms with E-state index in [-0.39, 0.29) is 22.9 Å². The van der Waals surface area contributed by atoms with Gasteiger partial charge in [-0.05, 0) is 30.3 Å². The number of pyridine rings is 1. The fourth-order valence-electron chi connectivity index (χ4n) is 1.32. The Morgan fingerprint density at radius 3 is 2.61 bits per heavy atom. The zero-order valence-corrected chi connectivity index (χ0v) is 9.13. The number of carbonyl (C=O) groups is 1. The van der Waals surface area contributed by atoms with E-state index in [0.29, 0.717) is 0 Å². The summed E-state index contributed by atoms with van der Waals surface area (Å²) in [7, 11) is 0. The van der Waals surface area contributed by atoms with Crippen molar-refractivity contribution in [1.82, 2.24) is 4.98 Å². The predicted molar refractivity (Wildman–Crippen MR) is 62.1 cm³/mol. The van der Waals surface area contributed by atoms with E-state index >= 15 is 0 Å². The number of nitrogen functional groups attached to an aromatic ring is 1. The van der Waals surface area contributed by atoms with Gasteiger partial charge in [0.2, 0.25) is 5.88 Å². The van der Waals surface area contributed by atoms with Crippen LogP contribution in [0.1, 0.15) is 10.4 Å². The van der Waals surface area contributed by atoms with Crippen LogP contribution >= 0.6 is 0 Å². The number of nitrogens with two attached hydrogens (primary N) is 1. The molecule has 5 nitrogen and oxygen atoms in total. The number of halogens is 1. The van der Waals surface area contributed by atoms with Gasteiger partial charge in [0.25, 0.3) is 0 Å². The predicted octanol–water partition coefficient (Wildman–Crippen LogP) is 2.29. The normalized spacial score (nSPS) is 10.1. The summed E-state index contributed by atoms with van der Waals surface area (Å²) in [4.78, 5) is 14.8. The summed E-state index contributed by atoms with van der Waals surface area (Å²) in [6.07, 6.45) is 1.28. The lowest BCUT2D eigenvalue weighted by atomic mass is 10.2. The van der Waals surface area contributed by atoms with Crippen molar-refractivity contribution in [3.05, 3.63) is 47.9 Å². The van der Waals surface area contributed by atoms with Gasteiger partial charge in [-0.2, -0.15) is 0 Å². The molecule has 0 bridgehead atoms. The van der Waals surface area contributed by atoms with Crippen LogP contribution in [0.4, 0.5) is 10.1 Å².